The minimum atomic E-state index is -0.456. The van der Waals surface area contributed by atoms with Crippen molar-refractivity contribution in [3.63, 3.8) is 0 Å². The molecule has 0 saturated carbocycles. The molecule has 0 unspecified atom stereocenters. The highest BCUT2D eigenvalue weighted by Gasteiger charge is 2.09. The maximum Gasteiger partial charge on any atom is 0.324 e. The van der Waals surface area contributed by atoms with Gasteiger partial charge in [0, 0.05) is 11.3 Å². The lowest BCUT2D eigenvalue weighted by molar-refractivity contribution is 0.101. The number of urea groups is 1. The first kappa shape index (κ1) is 15.6. The van der Waals surface area contributed by atoms with E-state index in [9.17, 15) is 9.59 Å². The van der Waals surface area contributed by atoms with E-state index in [0.29, 0.717) is 26.3 Å². The summed E-state index contributed by atoms with van der Waals surface area (Å²) in [5.74, 6) is 0.274. The number of hydrogen-bond acceptors (Lipinski definition) is 4. The number of rotatable bonds is 3. The monoisotopic (exact) mass is 412 g/mol. The molecular formula is C13H10Br2N4O2. The molecule has 1 heterocycles. The maximum atomic E-state index is 11.8. The van der Waals surface area contributed by atoms with Gasteiger partial charge in [0.25, 0.3) is 0 Å². The van der Waals surface area contributed by atoms with E-state index in [-0.39, 0.29) is 5.78 Å². The fourth-order valence-corrected chi connectivity index (χ4v) is 2.40. The van der Waals surface area contributed by atoms with Crippen LogP contribution in [0.3, 0.4) is 0 Å². The number of carbonyl (C=O) groups is 2. The summed E-state index contributed by atoms with van der Waals surface area (Å²) in [7, 11) is 0. The van der Waals surface area contributed by atoms with Crippen molar-refractivity contribution < 1.29 is 9.59 Å². The van der Waals surface area contributed by atoms with Gasteiger partial charge in [0.15, 0.2) is 11.6 Å². The molecule has 0 radical (unpaired) electrons. The maximum absolute atomic E-state index is 11.8. The first-order valence-corrected chi connectivity index (χ1v) is 7.41. The van der Waals surface area contributed by atoms with Gasteiger partial charge in [-0.2, -0.15) is 0 Å². The molecule has 21 heavy (non-hydrogen) atoms. The zero-order valence-corrected chi connectivity index (χ0v) is 14.0. The quantitative estimate of drug-likeness (QED) is 0.748. The van der Waals surface area contributed by atoms with Gasteiger partial charge in [-0.25, -0.2) is 14.8 Å². The zero-order valence-electron chi connectivity index (χ0n) is 10.9. The molecule has 6 nitrogen and oxygen atoms in total. The van der Waals surface area contributed by atoms with Crippen LogP contribution in [-0.2, 0) is 0 Å². The van der Waals surface area contributed by atoms with Crippen LogP contribution in [0.1, 0.15) is 17.3 Å². The molecule has 0 saturated heterocycles. The Morgan fingerprint density at radius 3 is 2.33 bits per heavy atom. The Morgan fingerprint density at radius 1 is 1.10 bits per heavy atom. The number of hydrogen-bond donors (Lipinski definition) is 2. The number of nitrogens with zero attached hydrogens (tertiary/aromatic N) is 2. The molecule has 0 atom stereocenters. The van der Waals surface area contributed by atoms with E-state index in [1.165, 1.54) is 13.1 Å². The fraction of sp³-hybridized carbons (Fsp3) is 0.0769. The molecule has 0 bridgehead atoms. The summed E-state index contributed by atoms with van der Waals surface area (Å²) in [4.78, 5) is 31.1. The van der Waals surface area contributed by atoms with Crippen LogP contribution in [0.4, 0.5) is 16.3 Å². The van der Waals surface area contributed by atoms with Crippen molar-refractivity contribution in [2.45, 2.75) is 6.92 Å². The van der Waals surface area contributed by atoms with E-state index < -0.39 is 6.03 Å². The summed E-state index contributed by atoms with van der Waals surface area (Å²) in [5, 5.41) is 5.20. The predicted molar refractivity (Wildman–Crippen MR) is 86.5 cm³/mol. The van der Waals surface area contributed by atoms with Crippen LogP contribution in [0, 0.1) is 0 Å². The molecule has 2 amide bonds. The third-order valence-corrected chi connectivity index (χ3v) is 3.42. The summed E-state index contributed by atoms with van der Waals surface area (Å²) >= 11 is 6.38. The Balaban J connectivity index is 2.02. The lowest BCUT2D eigenvalue weighted by Gasteiger charge is -2.08. The highest BCUT2D eigenvalue weighted by Crippen LogP contribution is 2.19. The standard InChI is InChI=1S/C13H10Br2N4O2/c1-7(20)8-2-4-9(5-3-8)17-13(21)19-12-11(15)18-10(14)6-16-12/h2-6H,1H3,(H2,16,17,19,21). The van der Waals surface area contributed by atoms with Crippen molar-refractivity contribution in [2.75, 3.05) is 10.6 Å². The van der Waals surface area contributed by atoms with Gasteiger partial charge >= 0.3 is 6.03 Å². The minimum absolute atomic E-state index is 0.0277. The molecule has 1 aromatic carbocycles. The zero-order chi connectivity index (χ0) is 15.4. The summed E-state index contributed by atoms with van der Waals surface area (Å²) in [6, 6.07) is 6.14. The van der Waals surface area contributed by atoms with Gasteiger partial charge in [-0.1, -0.05) is 0 Å². The first-order valence-electron chi connectivity index (χ1n) is 5.83. The number of ketones is 1. The highest BCUT2D eigenvalue weighted by molar-refractivity contribution is 9.11. The molecule has 2 rings (SSSR count). The topological polar surface area (TPSA) is 84.0 Å². The number of benzene rings is 1. The molecule has 1 aromatic heterocycles. The van der Waals surface area contributed by atoms with Crippen molar-refractivity contribution >= 4 is 55.2 Å². The SMILES string of the molecule is CC(=O)c1ccc(NC(=O)Nc2ncc(Br)nc2Br)cc1. The number of amides is 2. The molecule has 0 spiro atoms. The van der Waals surface area contributed by atoms with Crippen molar-refractivity contribution in [3.05, 3.63) is 45.2 Å². The van der Waals surface area contributed by atoms with Gasteiger partial charge in [0.2, 0.25) is 0 Å². The van der Waals surface area contributed by atoms with Gasteiger partial charge in [0.05, 0.1) is 6.20 Å². The second-order valence-electron chi connectivity index (χ2n) is 4.04. The summed E-state index contributed by atoms with van der Waals surface area (Å²) in [5.41, 5.74) is 1.15. The Kier molecular flexibility index (Phi) is 5.03. The van der Waals surface area contributed by atoms with Gasteiger partial charge < -0.3 is 5.32 Å². The summed E-state index contributed by atoms with van der Waals surface area (Å²) in [6.07, 6.45) is 1.47. The third-order valence-electron chi connectivity index (χ3n) is 2.48. The van der Waals surface area contributed by atoms with Crippen LogP contribution >= 0.6 is 31.9 Å². The molecule has 0 fully saturated rings. The second kappa shape index (κ2) is 6.77. The largest absolute Gasteiger partial charge is 0.324 e. The van der Waals surface area contributed by atoms with Crippen LogP contribution in [0.5, 0.6) is 0 Å². The molecule has 2 aromatic rings. The average molecular weight is 414 g/mol. The van der Waals surface area contributed by atoms with E-state index in [4.69, 9.17) is 0 Å². The predicted octanol–water partition coefficient (Wildman–Crippen LogP) is 3.85. The average Bonchev–Trinajstić information content (AvgIpc) is 2.42. The number of halogens is 2. The number of anilines is 2. The Morgan fingerprint density at radius 2 is 1.76 bits per heavy atom. The Labute approximate surface area is 137 Å². The molecule has 0 aliphatic rings. The van der Waals surface area contributed by atoms with Crippen molar-refractivity contribution in [3.8, 4) is 0 Å². The third kappa shape index (κ3) is 4.33. The Bertz CT molecular complexity index is 689. The molecule has 2 N–H and O–H groups in total. The smallest absolute Gasteiger partial charge is 0.308 e. The van der Waals surface area contributed by atoms with E-state index in [2.05, 4.69) is 52.5 Å². The van der Waals surface area contributed by atoms with E-state index in [1.807, 2.05) is 0 Å². The normalized spacial score (nSPS) is 10.0. The summed E-state index contributed by atoms with van der Waals surface area (Å²) in [6.45, 7) is 1.48. The molecule has 0 aliphatic heterocycles. The van der Waals surface area contributed by atoms with E-state index in [0.717, 1.165) is 0 Å². The fourth-order valence-electron chi connectivity index (χ4n) is 1.49. The van der Waals surface area contributed by atoms with Crippen LogP contribution < -0.4 is 10.6 Å². The van der Waals surface area contributed by atoms with Crippen molar-refractivity contribution in [1.29, 1.82) is 0 Å². The number of Topliss-reactive ketones (excluding diaryl/α,β-unsaturated/α-hetero) is 1. The molecule has 0 aliphatic carbocycles. The molecular weight excluding hydrogens is 404 g/mol. The minimum Gasteiger partial charge on any atom is -0.308 e. The lowest BCUT2D eigenvalue weighted by Crippen LogP contribution is -2.20. The number of aromatic nitrogens is 2. The highest BCUT2D eigenvalue weighted by atomic mass is 79.9. The van der Waals surface area contributed by atoms with Gasteiger partial charge in [-0.3, -0.25) is 10.1 Å². The summed E-state index contributed by atoms with van der Waals surface area (Å²) < 4.78 is 0.971. The second-order valence-corrected chi connectivity index (χ2v) is 5.61. The number of carbonyl (C=O) groups excluding carboxylic acids is 2. The lowest BCUT2D eigenvalue weighted by atomic mass is 10.1. The molecule has 8 heteroatoms. The van der Waals surface area contributed by atoms with Crippen molar-refractivity contribution in [2.24, 2.45) is 0 Å². The molecule has 108 valence electrons. The van der Waals surface area contributed by atoms with Crippen LogP contribution in [0.25, 0.3) is 0 Å². The number of nitrogens with one attached hydrogen (secondary N) is 2. The van der Waals surface area contributed by atoms with Gasteiger partial charge in [-0.15, -0.1) is 0 Å². The van der Waals surface area contributed by atoms with E-state index >= 15 is 0 Å². The van der Waals surface area contributed by atoms with Crippen LogP contribution in [0.2, 0.25) is 0 Å². The Hall–Kier alpha value is -1.80. The van der Waals surface area contributed by atoms with Crippen molar-refractivity contribution in [1.82, 2.24) is 9.97 Å². The van der Waals surface area contributed by atoms with Crippen LogP contribution in [0.15, 0.2) is 39.7 Å². The van der Waals surface area contributed by atoms with Gasteiger partial charge in [-0.05, 0) is 63.0 Å². The van der Waals surface area contributed by atoms with Gasteiger partial charge in [0.1, 0.15) is 9.21 Å². The van der Waals surface area contributed by atoms with E-state index in [1.54, 1.807) is 24.3 Å². The van der Waals surface area contributed by atoms with Crippen LogP contribution in [-0.4, -0.2) is 21.8 Å². The first-order chi connectivity index (χ1) is 9.95.